The van der Waals surface area contributed by atoms with Gasteiger partial charge in [0.15, 0.2) is 11.5 Å². The molecule has 4 rings (SSSR count). The molecule has 0 saturated heterocycles. The lowest BCUT2D eigenvalue weighted by atomic mass is 10.1. The van der Waals surface area contributed by atoms with Crippen molar-refractivity contribution in [3.63, 3.8) is 0 Å². The lowest BCUT2D eigenvalue weighted by Gasteiger charge is -2.16. The normalized spacial score (nSPS) is 10.8. The zero-order chi connectivity index (χ0) is 21.8. The molecule has 6 heteroatoms. The van der Waals surface area contributed by atoms with Crippen molar-refractivity contribution >= 4 is 55.6 Å². The van der Waals surface area contributed by atoms with E-state index in [-0.39, 0.29) is 0 Å². The number of benzene rings is 4. The Balaban J connectivity index is 1.52. The van der Waals surface area contributed by atoms with Crippen LogP contribution in [0.25, 0.3) is 10.8 Å². The number of fused-ring (bicyclic) bond motifs is 1. The van der Waals surface area contributed by atoms with E-state index in [2.05, 4.69) is 51.6 Å². The average Bonchev–Trinajstić information content (AvgIpc) is 2.77. The Morgan fingerprint density at radius 2 is 1.74 bits per heavy atom. The molecule has 0 fully saturated rings. The molecule has 0 radical (unpaired) electrons. The second kappa shape index (κ2) is 9.82. The Kier molecular flexibility index (Phi) is 6.91. The topological polar surface area (TPSA) is 30.5 Å². The van der Waals surface area contributed by atoms with Crippen molar-refractivity contribution in [2.75, 3.05) is 12.4 Å². The van der Waals surface area contributed by atoms with Crippen LogP contribution in [0.3, 0.4) is 0 Å². The van der Waals surface area contributed by atoms with Gasteiger partial charge in [0.1, 0.15) is 6.61 Å². The highest BCUT2D eigenvalue weighted by molar-refractivity contribution is 9.10. The van der Waals surface area contributed by atoms with Gasteiger partial charge in [0.05, 0.1) is 11.6 Å². The number of anilines is 1. The van der Waals surface area contributed by atoms with Crippen LogP contribution in [0.15, 0.2) is 77.3 Å². The van der Waals surface area contributed by atoms with Crippen molar-refractivity contribution in [2.24, 2.45) is 0 Å². The molecule has 0 aliphatic rings. The summed E-state index contributed by atoms with van der Waals surface area (Å²) in [4.78, 5) is 0. The van der Waals surface area contributed by atoms with E-state index in [9.17, 15) is 0 Å². The van der Waals surface area contributed by atoms with Crippen molar-refractivity contribution in [1.82, 2.24) is 0 Å². The predicted molar refractivity (Wildman–Crippen MR) is 133 cm³/mol. The quantitative estimate of drug-likeness (QED) is 0.269. The van der Waals surface area contributed by atoms with Crippen molar-refractivity contribution < 1.29 is 9.47 Å². The van der Waals surface area contributed by atoms with Crippen LogP contribution in [0, 0.1) is 0 Å². The maximum atomic E-state index is 6.26. The molecule has 0 aliphatic carbocycles. The van der Waals surface area contributed by atoms with Gasteiger partial charge < -0.3 is 14.8 Å². The SMILES string of the molecule is COc1cc(CNc2cccc3ccccc23)cc(Br)c1OCc1ccc(Cl)cc1Cl. The molecular formula is C25H20BrCl2NO2. The maximum Gasteiger partial charge on any atom is 0.175 e. The number of methoxy groups -OCH3 is 1. The van der Waals surface area contributed by atoms with E-state index in [1.165, 1.54) is 10.8 Å². The third-order valence-electron chi connectivity index (χ3n) is 4.95. The zero-order valence-corrected chi connectivity index (χ0v) is 19.9. The first kappa shape index (κ1) is 21.8. The molecule has 0 amide bonds. The summed E-state index contributed by atoms with van der Waals surface area (Å²) in [5.41, 5.74) is 3.00. The maximum absolute atomic E-state index is 6.26. The lowest BCUT2D eigenvalue weighted by molar-refractivity contribution is 0.282. The molecule has 31 heavy (non-hydrogen) atoms. The van der Waals surface area contributed by atoms with E-state index in [0.717, 1.165) is 21.3 Å². The molecule has 0 aliphatic heterocycles. The van der Waals surface area contributed by atoms with E-state index in [4.69, 9.17) is 32.7 Å². The van der Waals surface area contributed by atoms with Gasteiger partial charge in [0.2, 0.25) is 0 Å². The van der Waals surface area contributed by atoms with Crippen LogP contribution in [0.2, 0.25) is 10.0 Å². The fourth-order valence-corrected chi connectivity index (χ4v) is 4.45. The van der Waals surface area contributed by atoms with Crippen molar-refractivity contribution in [3.05, 3.63) is 98.4 Å². The highest BCUT2D eigenvalue weighted by atomic mass is 79.9. The molecule has 0 spiro atoms. The predicted octanol–water partition coefficient (Wildman–Crippen LogP) is 8.11. The summed E-state index contributed by atoms with van der Waals surface area (Å²) in [6.07, 6.45) is 0. The summed E-state index contributed by atoms with van der Waals surface area (Å²) in [6.45, 7) is 0.949. The van der Waals surface area contributed by atoms with Crippen LogP contribution in [0.5, 0.6) is 11.5 Å². The van der Waals surface area contributed by atoms with Gasteiger partial charge in [0.25, 0.3) is 0 Å². The lowest BCUT2D eigenvalue weighted by Crippen LogP contribution is -2.03. The summed E-state index contributed by atoms with van der Waals surface area (Å²) in [5, 5.41) is 7.08. The number of rotatable bonds is 7. The summed E-state index contributed by atoms with van der Waals surface area (Å²) >= 11 is 15.9. The first-order valence-electron chi connectivity index (χ1n) is 9.70. The highest BCUT2D eigenvalue weighted by Gasteiger charge is 2.13. The first-order valence-corrected chi connectivity index (χ1v) is 11.2. The number of ether oxygens (including phenoxy) is 2. The van der Waals surface area contributed by atoms with Gasteiger partial charge in [-0.25, -0.2) is 0 Å². The molecule has 4 aromatic rings. The van der Waals surface area contributed by atoms with Gasteiger partial charge in [-0.05, 0) is 57.2 Å². The van der Waals surface area contributed by atoms with Crippen LogP contribution < -0.4 is 14.8 Å². The molecule has 4 aromatic carbocycles. The van der Waals surface area contributed by atoms with Crippen LogP contribution in [-0.2, 0) is 13.2 Å². The van der Waals surface area contributed by atoms with Gasteiger partial charge in [-0.15, -0.1) is 0 Å². The van der Waals surface area contributed by atoms with Gasteiger partial charge in [-0.1, -0.05) is 65.7 Å². The first-order chi connectivity index (χ1) is 15.0. The zero-order valence-electron chi connectivity index (χ0n) is 16.8. The van der Waals surface area contributed by atoms with Gasteiger partial charge in [0, 0.05) is 33.2 Å². The second-order valence-electron chi connectivity index (χ2n) is 7.01. The van der Waals surface area contributed by atoms with Crippen molar-refractivity contribution in [3.8, 4) is 11.5 Å². The largest absolute Gasteiger partial charge is 0.493 e. The van der Waals surface area contributed by atoms with E-state index in [1.54, 1.807) is 19.2 Å². The van der Waals surface area contributed by atoms with E-state index >= 15 is 0 Å². The minimum absolute atomic E-state index is 0.304. The molecule has 0 atom stereocenters. The smallest absolute Gasteiger partial charge is 0.175 e. The summed E-state index contributed by atoms with van der Waals surface area (Å²) < 4.78 is 12.4. The van der Waals surface area contributed by atoms with Gasteiger partial charge in [-0.3, -0.25) is 0 Å². The molecule has 0 unspecified atom stereocenters. The van der Waals surface area contributed by atoms with Crippen LogP contribution in [0.4, 0.5) is 5.69 Å². The van der Waals surface area contributed by atoms with Gasteiger partial charge >= 0.3 is 0 Å². The molecule has 0 aromatic heterocycles. The van der Waals surface area contributed by atoms with Crippen molar-refractivity contribution in [2.45, 2.75) is 13.2 Å². The summed E-state index contributed by atoms with van der Waals surface area (Å²) in [5.74, 6) is 1.27. The fourth-order valence-electron chi connectivity index (χ4n) is 3.38. The van der Waals surface area contributed by atoms with Crippen LogP contribution in [0.1, 0.15) is 11.1 Å². The monoisotopic (exact) mass is 515 g/mol. The second-order valence-corrected chi connectivity index (χ2v) is 8.71. The molecular weight excluding hydrogens is 497 g/mol. The summed E-state index contributed by atoms with van der Waals surface area (Å²) in [6, 6.07) is 23.9. The third kappa shape index (κ3) is 5.09. The highest BCUT2D eigenvalue weighted by Crippen LogP contribution is 2.38. The molecule has 1 N–H and O–H groups in total. The van der Waals surface area contributed by atoms with E-state index in [0.29, 0.717) is 34.7 Å². The Morgan fingerprint density at radius 1 is 0.935 bits per heavy atom. The van der Waals surface area contributed by atoms with E-state index in [1.807, 2.05) is 30.3 Å². The number of halogens is 3. The average molecular weight is 517 g/mol. The Hall–Kier alpha value is -2.40. The third-order valence-corrected chi connectivity index (χ3v) is 6.12. The molecule has 3 nitrogen and oxygen atoms in total. The Labute approximate surface area is 200 Å². The minimum atomic E-state index is 0.304. The molecule has 158 valence electrons. The number of hydrogen-bond donors (Lipinski definition) is 1. The van der Waals surface area contributed by atoms with Crippen LogP contribution in [-0.4, -0.2) is 7.11 Å². The van der Waals surface area contributed by atoms with Crippen LogP contribution >= 0.6 is 39.1 Å². The van der Waals surface area contributed by atoms with Crippen molar-refractivity contribution in [1.29, 1.82) is 0 Å². The van der Waals surface area contributed by atoms with E-state index < -0.39 is 0 Å². The molecule has 0 bridgehead atoms. The standard InChI is InChI=1S/C25H20BrCl2NO2/c1-30-24-12-16(14-29-23-8-4-6-17-5-2-3-7-20(17)23)11-21(26)25(24)31-15-18-9-10-19(27)13-22(18)28/h2-13,29H,14-15H2,1H3. The Bertz CT molecular complexity index is 1220. The van der Waals surface area contributed by atoms with Gasteiger partial charge in [-0.2, -0.15) is 0 Å². The molecule has 0 heterocycles. The summed E-state index contributed by atoms with van der Waals surface area (Å²) in [7, 11) is 1.63. The number of hydrogen-bond acceptors (Lipinski definition) is 3. The molecule has 0 saturated carbocycles. The Morgan fingerprint density at radius 3 is 2.55 bits per heavy atom. The minimum Gasteiger partial charge on any atom is -0.493 e. The number of nitrogens with one attached hydrogen (secondary N) is 1. The fraction of sp³-hybridized carbons (Fsp3) is 0.120.